The molecule has 0 saturated heterocycles. The fourth-order valence-corrected chi connectivity index (χ4v) is 3.68. The smallest absolute Gasteiger partial charge is 0.336 e. The lowest BCUT2D eigenvalue weighted by molar-refractivity contribution is -0.136. The van der Waals surface area contributed by atoms with Crippen molar-refractivity contribution in [2.45, 2.75) is 39.0 Å². The van der Waals surface area contributed by atoms with Gasteiger partial charge < -0.3 is 14.8 Å². The zero-order chi connectivity index (χ0) is 18.0. The maximum Gasteiger partial charge on any atom is 0.336 e. The molecular weight excluding hydrogens is 318 g/mol. The number of benzene rings is 1. The van der Waals surface area contributed by atoms with Crippen LogP contribution in [0, 0.1) is 0 Å². The van der Waals surface area contributed by atoms with Crippen molar-refractivity contribution in [3.8, 4) is 5.75 Å². The molecule has 1 aromatic rings. The van der Waals surface area contributed by atoms with Gasteiger partial charge in [0.1, 0.15) is 5.75 Å². The Labute approximate surface area is 147 Å². The Morgan fingerprint density at radius 1 is 1.28 bits per heavy atom. The number of ketones is 1. The first-order valence-electron chi connectivity index (χ1n) is 8.62. The van der Waals surface area contributed by atoms with Crippen molar-refractivity contribution in [1.82, 2.24) is 5.32 Å². The summed E-state index contributed by atoms with van der Waals surface area (Å²) in [4.78, 5) is 25.2. The van der Waals surface area contributed by atoms with Crippen LogP contribution in [0.25, 0.3) is 0 Å². The molecule has 0 bridgehead atoms. The van der Waals surface area contributed by atoms with Crippen LogP contribution in [0.15, 0.2) is 46.8 Å². The van der Waals surface area contributed by atoms with Gasteiger partial charge in [-0.2, -0.15) is 0 Å². The van der Waals surface area contributed by atoms with Crippen molar-refractivity contribution < 1.29 is 19.1 Å². The highest BCUT2D eigenvalue weighted by atomic mass is 16.5. The highest BCUT2D eigenvalue weighted by Crippen LogP contribution is 2.45. The molecule has 132 valence electrons. The zero-order valence-corrected chi connectivity index (χ0v) is 14.8. The Morgan fingerprint density at radius 3 is 2.76 bits per heavy atom. The molecular formula is C20H23NO4. The Kier molecular flexibility index (Phi) is 4.93. The van der Waals surface area contributed by atoms with Gasteiger partial charge in [-0.25, -0.2) is 4.79 Å². The fourth-order valence-electron chi connectivity index (χ4n) is 3.68. The van der Waals surface area contributed by atoms with Gasteiger partial charge in [-0.1, -0.05) is 18.2 Å². The SMILES string of the molecule is CCOc1ccccc1[C@H]1C(C(=O)OC)=C(C)NC2=C1C(=O)CCC2. The number of esters is 1. The van der Waals surface area contributed by atoms with E-state index in [9.17, 15) is 9.59 Å². The number of Topliss-reactive ketones (excluding diaryl/α,β-unsaturated/α-hetero) is 1. The van der Waals surface area contributed by atoms with Crippen molar-refractivity contribution >= 4 is 11.8 Å². The number of methoxy groups -OCH3 is 1. The second-order valence-corrected chi connectivity index (χ2v) is 6.23. The van der Waals surface area contributed by atoms with Gasteiger partial charge in [-0.3, -0.25) is 4.79 Å². The molecule has 0 spiro atoms. The van der Waals surface area contributed by atoms with E-state index < -0.39 is 11.9 Å². The molecule has 0 radical (unpaired) electrons. The minimum Gasteiger partial charge on any atom is -0.494 e. The number of ether oxygens (including phenoxy) is 2. The van der Waals surface area contributed by atoms with Crippen molar-refractivity contribution in [2.24, 2.45) is 0 Å². The summed E-state index contributed by atoms with van der Waals surface area (Å²) in [5.41, 5.74) is 3.62. The number of dihydropyridines is 1. The highest BCUT2D eigenvalue weighted by Gasteiger charge is 2.40. The molecule has 5 heteroatoms. The summed E-state index contributed by atoms with van der Waals surface area (Å²) in [7, 11) is 1.36. The van der Waals surface area contributed by atoms with E-state index in [4.69, 9.17) is 9.47 Å². The van der Waals surface area contributed by atoms with E-state index in [1.54, 1.807) is 0 Å². The van der Waals surface area contributed by atoms with E-state index in [0.29, 0.717) is 29.9 Å². The van der Waals surface area contributed by atoms with E-state index >= 15 is 0 Å². The lowest BCUT2D eigenvalue weighted by Crippen LogP contribution is -2.34. The second-order valence-electron chi connectivity index (χ2n) is 6.23. The zero-order valence-electron chi connectivity index (χ0n) is 14.8. The number of nitrogens with one attached hydrogen (secondary N) is 1. The summed E-state index contributed by atoms with van der Waals surface area (Å²) in [6, 6.07) is 7.59. The lowest BCUT2D eigenvalue weighted by Gasteiger charge is -2.34. The summed E-state index contributed by atoms with van der Waals surface area (Å²) in [5, 5.41) is 3.26. The van der Waals surface area contributed by atoms with Crippen LogP contribution in [0.2, 0.25) is 0 Å². The van der Waals surface area contributed by atoms with Crippen molar-refractivity contribution in [2.75, 3.05) is 13.7 Å². The molecule has 1 atom stereocenters. The summed E-state index contributed by atoms with van der Waals surface area (Å²) in [6.45, 7) is 4.28. The number of hydrogen-bond acceptors (Lipinski definition) is 5. The number of allylic oxidation sites excluding steroid dienone is 3. The second kappa shape index (κ2) is 7.13. The molecule has 1 aliphatic carbocycles. The normalized spacial score (nSPS) is 20.1. The van der Waals surface area contributed by atoms with E-state index in [2.05, 4.69) is 5.32 Å². The molecule has 1 aliphatic heterocycles. The molecule has 0 saturated carbocycles. The Bertz CT molecular complexity index is 776. The third-order valence-corrected chi connectivity index (χ3v) is 4.71. The number of para-hydroxylation sites is 1. The van der Waals surface area contributed by atoms with Crippen LogP contribution in [0.5, 0.6) is 5.75 Å². The van der Waals surface area contributed by atoms with Gasteiger partial charge in [0.15, 0.2) is 5.78 Å². The topological polar surface area (TPSA) is 64.6 Å². The van der Waals surface area contributed by atoms with E-state index in [1.165, 1.54) is 7.11 Å². The minimum absolute atomic E-state index is 0.0824. The van der Waals surface area contributed by atoms with Gasteiger partial charge >= 0.3 is 5.97 Å². The van der Waals surface area contributed by atoms with Crippen LogP contribution in [-0.2, 0) is 14.3 Å². The fraction of sp³-hybridized carbons (Fsp3) is 0.400. The molecule has 0 unspecified atom stereocenters. The maximum absolute atomic E-state index is 12.7. The van der Waals surface area contributed by atoms with E-state index in [0.717, 1.165) is 29.8 Å². The van der Waals surface area contributed by atoms with Gasteiger partial charge in [-0.05, 0) is 32.8 Å². The van der Waals surface area contributed by atoms with Crippen LogP contribution in [0.1, 0.15) is 44.6 Å². The lowest BCUT2D eigenvalue weighted by atomic mass is 9.75. The molecule has 0 aromatic heterocycles. The van der Waals surface area contributed by atoms with Crippen LogP contribution in [0.3, 0.4) is 0 Å². The first-order valence-corrected chi connectivity index (χ1v) is 8.62. The third kappa shape index (κ3) is 3.06. The molecule has 2 aliphatic rings. The number of hydrogen-bond donors (Lipinski definition) is 1. The Morgan fingerprint density at radius 2 is 2.04 bits per heavy atom. The standard InChI is InChI=1S/C20H23NO4/c1-4-25-16-11-6-5-8-13(16)18-17(20(23)24-3)12(2)21-14-9-7-10-15(22)19(14)18/h5-6,8,11,18,21H,4,7,9-10H2,1-3H3/t18-/m0/s1. The maximum atomic E-state index is 12.7. The molecule has 0 amide bonds. The predicted octanol–water partition coefficient (Wildman–Crippen LogP) is 3.23. The van der Waals surface area contributed by atoms with Gasteiger partial charge in [0.25, 0.3) is 0 Å². The Hall–Kier alpha value is -2.56. The van der Waals surface area contributed by atoms with Crippen molar-refractivity contribution in [1.29, 1.82) is 0 Å². The third-order valence-electron chi connectivity index (χ3n) is 4.71. The number of rotatable bonds is 4. The van der Waals surface area contributed by atoms with Crippen LogP contribution in [0.4, 0.5) is 0 Å². The summed E-state index contributed by atoms with van der Waals surface area (Å²) >= 11 is 0. The molecule has 3 rings (SSSR count). The number of carbonyl (C=O) groups is 2. The van der Waals surface area contributed by atoms with Gasteiger partial charge in [0.05, 0.1) is 25.2 Å². The quantitative estimate of drug-likeness (QED) is 0.852. The van der Waals surface area contributed by atoms with Crippen LogP contribution >= 0.6 is 0 Å². The summed E-state index contributed by atoms with van der Waals surface area (Å²) in [6.07, 6.45) is 2.13. The van der Waals surface area contributed by atoms with Crippen LogP contribution < -0.4 is 10.1 Å². The van der Waals surface area contributed by atoms with Crippen molar-refractivity contribution in [3.05, 3.63) is 52.4 Å². The van der Waals surface area contributed by atoms with E-state index in [1.807, 2.05) is 38.1 Å². The Balaban J connectivity index is 2.22. The molecule has 1 N–H and O–H groups in total. The number of carbonyl (C=O) groups excluding carboxylic acids is 2. The monoisotopic (exact) mass is 341 g/mol. The van der Waals surface area contributed by atoms with Gasteiger partial charge in [0, 0.05) is 29.0 Å². The highest BCUT2D eigenvalue weighted by molar-refractivity contribution is 6.03. The van der Waals surface area contributed by atoms with Gasteiger partial charge in [0.2, 0.25) is 0 Å². The largest absolute Gasteiger partial charge is 0.494 e. The summed E-state index contributed by atoms with van der Waals surface area (Å²) in [5.74, 6) is -0.110. The predicted molar refractivity (Wildman–Crippen MR) is 94.1 cm³/mol. The molecule has 5 nitrogen and oxygen atoms in total. The van der Waals surface area contributed by atoms with E-state index in [-0.39, 0.29) is 5.78 Å². The average Bonchev–Trinajstić information content (AvgIpc) is 2.61. The van der Waals surface area contributed by atoms with Gasteiger partial charge in [-0.15, -0.1) is 0 Å². The first kappa shape index (κ1) is 17.3. The van der Waals surface area contributed by atoms with Crippen molar-refractivity contribution in [3.63, 3.8) is 0 Å². The molecule has 1 aromatic carbocycles. The van der Waals surface area contributed by atoms with Crippen LogP contribution in [-0.4, -0.2) is 25.5 Å². The molecule has 1 heterocycles. The average molecular weight is 341 g/mol. The molecule has 25 heavy (non-hydrogen) atoms. The first-order chi connectivity index (χ1) is 12.1. The molecule has 0 fully saturated rings. The summed E-state index contributed by atoms with van der Waals surface area (Å²) < 4.78 is 10.8. The minimum atomic E-state index is -0.459.